The van der Waals surface area contributed by atoms with Gasteiger partial charge >= 0.3 is 0 Å². The van der Waals surface area contributed by atoms with Crippen molar-refractivity contribution in [3.63, 3.8) is 0 Å². The van der Waals surface area contributed by atoms with Gasteiger partial charge in [-0.3, -0.25) is 4.79 Å². The fraction of sp³-hybridized carbons (Fsp3) is 0.286. The van der Waals surface area contributed by atoms with Gasteiger partial charge in [0, 0.05) is 24.7 Å². The molecule has 0 saturated carbocycles. The van der Waals surface area contributed by atoms with E-state index in [1.54, 1.807) is 18.2 Å². The molecule has 4 rings (SSSR count). The number of piperidine rings is 1. The fourth-order valence-electron chi connectivity index (χ4n) is 3.39. The molecule has 168 valence electrons. The van der Waals surface area contributed by atoms with Crippen molar-refractivity contribution in [1.82, 2.24) is 14.5 Å². The molecule has 1 saturated heterocycles. The van der Waals surface area contributed by atoms with E-state index in [1.807, 2.05) is 0 Å². The summed E-state index contributed by atoms with van der Waals surface area (Å²) in [5, 5.41) is 27.1. The number of ketones is 1. The van der Waals surface area contributed by atoms with E-state index in [2.05, 4.69) is 10.2 Å². The van der Waals surface area contributed by atoms with Crippen LogP contribution in [0.15, 0.2) is 57.0 Å². The van der Waals surface area contributed by atoms with Gasteiger partial charge < -0.3 is 14.6 Å². The first-order valence-corrected chi connectivity index (χ1v) is 12.4. The van der Waals surface area contributed by atoms with E-state index < -0.39 is 10.0 Å². The molecule has 0 aliphatic carbocycles. The van der Waals surface area contributed by atoms with Crippen molar-refractivity contribution in [1.29, 1.82) is 0 Å². The van der Waals surface area contributed by atoms with Crippen LogP contribution in [0.3, 0.4) is 0 Å². The molecule has 1 fully saturated rings. The molecule has 3 aromatic rings. The second-order valence-corrected chi connectivity index (χ2v) is 10.1. The molecular weight excluding hydrogens is 454 g/mol. The molecule has 0 unspecified atom stereocenters. The van der Waals surface area contributed by atoms with Crippen LogP contribution in [0.1, 0.15) is 29.6 Å². The second kappa shape index (κ2) is 9.31. The summed E-state index contributed by atoms with van der Waals surface area (Å²) in [6.07, 6.45) is 2.73. The number of rotatable bonds is 7. The number of phenols is 2. The Morgan fingerprint density at radius 3 is 2.59 bits per heavy atom. The molecule has 0 atom stereocenters. The maximum atomic E-state index is 12.9. The first-order valence-electron chi connectivity index (χ1n) is 9.97. The van der Waals surface area contributed by atoms with Gasteiger partial charge in [0.1, 0.15) is 11.5 Å². The minimum atomic E-state index is -3.59. The number of carbonyl (C=O) groups is 1. The average Bonchev–Trinajstić information content (AvgIpc) is 3.27. The standard InChI is InChI=1S/C21H21N3O6S2/c25-15-7-8-17(18(26)12-15)19(27)13-31-21-23-22-20(30-21)14-5-4-6-16(11-14)32(28,29)24-9-2-1-3-10-24/h4-8,11-12,25-26H,1-3,9-10,13H2. The van der Waals surface area contributed by atoms with Crippen molar-refractivity contribution in [2.24, 2.45) is 0 Å². The summed E-state index contributed by atoms with van der Waals surface area (Å²) in [5.41, 5.74) is 0.538. The van der Waals surface area contributed by atoms with Gasteiger partial charge in [0.15, 0.2) is 5.78 Å². The van der Waals surface area contributed by atoms with Crippen molar-refractivity contribution >= 4 is 27.6 Å². The smallest absolute Gasteiger partial charge is 0.277 e. The van der Waals surface area contributed by atoms with E-state index in [0.29, 0.717) is 18.7 Å². The molecule has 11 heteroatoms. The average molecular weight is 476 g/mol. The number of hydrogen-bond donors (Lipinski definition) is 2. The number of carbonyl (C=O) groups excluding carboxylic acids is 1. The first-order chi connectivity index (χ1) is 15.3. The maximum absolute atomic E-state index is 12.9. The third-order valence-corrected chi connectivity index (χ3v) is 7.76. The lowest BCUT2D eigenvalue weighted by atomic mass is 10.1. The lowest BCUT2D eigenvalue weighted by Crippen LogP contribution is -2.35. The highest BCUT2D eigenvalue weighted by atomic mass is 32.2. The van der Waals surface area contributed by atoms with E-state index >= 15 is 0 Å². The summed E-state index contributed by atoms with van der Waals surface area (Å²) >= 11 is 0.994. The number of benzene rings is 2. The van der Waals surface area contributed by atoms with Crippen molar-refractivity contribution in [2.75, 3.05) is 18.8 Å². The van der Waals surface area contributed by atoms with Crippen molar-refractivity contribution in [3.8, 4) is 23.0 Å². The third-order valence-electron chi connectivity index (χ3n) is 5.05. The monoisotopic (exact) mass is 475 g/mol. The van der Waals surface area contributed by atoms with E-state index in [1.165, 1.54) is 22.5 Å². The molecule has 0 bridgehead atoms. The van der Waals surface area contributed by atoms with Crippen LogP contribution in [0.2, 0.25) is 0 Å². The van der Waals surface area contributed by atoms with E-state index in [-0.39, 0.29) is 44.6 Å². The topological polar surface area (TPSA) is 134 Å². The quantitative estimate of drug-likeness (QED) is 0.390. The Hall–Kier alpha value is -2.89. The zero-order valence-corrected chi connectivity index (χ0v) is 18.6. The summed E-state index contributed by atoms with van der Waals surface area (Å²) in [6, 6.07) is 10.1. The van der Waals surface area contributed by atoms with E-state index in [4.69, 9.17) is 4.42 Å². The van der Waals surface area contributed by atoms with Crippen LogP contribution in [0.25, 0.3) is 11.5 Å². The largest absolute Gasteiger partial charge is 0.508 e. The molecule has 2 heterocycles. The summed E-state index contributed by atoms with van der Waals surface area (Å²) in [4.78, 5) is 12.5. The molecule has 0 radical (unpaired) electrons. The number of thioether (sulfide) groups is 1. The van der Waals surface area contributed by atoms with Crippen molar-refractivity contribution < 1.29 is 27.8 Å². The lowest BCUT2D eigenvalue weighted by Gasteiger charge is -2.25. The molecular formula is C21H21N3O6S2. The molecule has 0 spiro atoms. The number of hydrogen-bond acceptors (Lipinski definition) is 9. The van der Waals surface area contributed by atoms with Gasteiger partial charge in [0.2, 0.25) is 15.9 Å². The van der Waals surface area contributed by atoms with Gasteiger partial charge in [0.05, 0.1) is 16.2 Å². The summed E-state index contributed by atoms with van der Waals surface area (Å²) < 4.78 is 32.9. The fourth-order valence-corrected chi connectivity index (χ4v) is 5.60. The predicted molar refractivity (Wildman–Crippen MR) is 117 cm³/mol. The number of aromatic nitrogens is 2. The highest BCUT2D eigenvalue weighted by Crippen LogP contribution is 2.29. The molecule has 1 aromatic heterocycles. The SMILES string of the molecule is O=C(CSc1nnc(-c2cccc(S(=O)(=O)N3CCCCC3)c2)o1)c1ccc(O)cc1O. The van der Waals surface area contributed by atoms with Gasteiger partial charge in [-0.25, -0.2) is 8.42 Å². The lowest BCUT2D eigenvalue weighted by molar-refractivity contribution is 0.101. The van der Waals surface area contributed by atoms with Crippen LogP contribution in [-0.4, -0.2) is 57.8 Å². The highest BCUT2D eigenvalue weighted by Gasteiger charge is 2.26. The summed E-state index contributed by atoms with van der Waals surface area (Å²) in [7, 11) is -3.59. The minimum Gasteiger partial charge on any atom is -0.508 e. The van der Waals surface area contributed by atoms with Gasteiger partial charge in [0.25, 0.3) is 5.22 Å². The Bertz CT molecular complexity index is 1240. The van der Waals surface area contributed by atoms with Crippen molar-refractivity contribution in [3.05, 3.63) is 48.0 Å². The Kier molecular flexibility index (Phi) is 6.49. The number of sulfonamides is 1. The molecule has 32 heavy (non-hydrogen) atoms. The molecule has 1 aliphatic heterocycles. The Morgan fingerprint density at radius 1 is 1.06 bits per heavy atom. The van der Waals surface area contributed by atoms with Crippen LogP contribution in [0.4, 0.5) is 0 Å². The molecule has 0 amide bonds. The molecule has 9 nitrogen and oxygen atoms in total. The van der Waals surface area contributed by atoms with Gasteiger partial charge in [-0.1, -0.05) is 24.2 Å². The second-order valence-electron chi connectivity index (χ2n) is 7.28. The minimum absolute atomic E-state index is 0.0661. The molecule has 2 N–H and O–H groups in total. The number of aromatic hydroxyl groups is 2. The Labute approximate surface area is 189 Å². The first kappa shape index (κ1) is 22.3. The van der Waals surface area contributed by atoms with Crippen LogP contribution < -0.4 is 0 Å². The zero-order valence-electron chi connectivity index (χ0n) is 17.0. The highest BCUT2D eigenvalue weighted by molar-refractivity contribution is 7.99. The van der Waals surface area contributed by atoms with Crippen LogP contribution in [-0.2, 0) is 10.0 Å². The van der Waals surface area contributed by atoms with Gasteiger partial charge in [-0.15, -0.1) is 10.2 Å². The number of nitrogens with zero attached hydrogens (tertiary/aromatic N) is 3. The third kappa shape index (κ3) is 4.79. The molecule has 1 aliphatic rings. The Morgan fingerprint density at radius 2 is 1.84 bits per heavy atom. The summed E-state index contributed by atoms with van der Waals surface area (Å²) in [6.45, 7) is 1.02. The zero-order chi connectivity index (χ0) is 22.7. The van der Waals surface area contributed by atoms with Crippen molar-refractivity contribution in [2.45, 2.75) is 29.4 Å². The van der Waals surface area contributed by atoms with Gasteiger partial charge in [-0.2, -0.15) is 4.31 Å². The maximum Gasteiger partial charge on any atom is 0.277 e. The van der Waals surface area contributed by atoms with Gasteiger partial charge in [-0.05, 0) is 43.2 Å². The predicted octanol–water partition coefficient (Wildman–Crippen LogP) is 3.30. The Balaban J connectivity index is 1.46. The van der Waals surface area contributed by atoms with Crippen LogP contribution >= 0.6 is 11.8 Å². The normalized spacial score (nSPS) is 15.0. The number of Topliss-reactive ketones (excluding diaryl/α,β-unsaturated/α-hetero) is 1. The van der Waals surface area contributed by atoms with Crippen LogP contribution in [0, 0.1) is 0 Å². The summed E-state index contributed by atoms with van der Waals surface area (Å²) in [5.74, 6) is -0.750. The van der Waals surface area contributed by atoms with E-state index in [0.717, 1.165) is 37.1 Å². The molecule has 2 aromatic carbocycles. The van der Waals surface area contributed by atoms with E-state index in [9.17, 15) is 23.4 Å². The van der Waals surface area contributed by atoms with Crippen LogP contribution in [0.5, 0.6) is 11.5 Å². The number of phenolic OH excluding ortho intramolecular Hbond substituents is 2.